The van der Waals surface area contributed by atoms with E-state index in [1.54, 1.807) is 20.8 Å². The first kappa shape index (κ1) is 25.0. The van der Waals surface area contributed by atoms with Crippen LogP contribution in [0.4, 0.5) is 4.79 Å². The fraction of sp³-hybridized carbons (Fsp3) is 0.385. The molecule has 0 spiro atoms. The third-order valence-electron chi connectivity index (χ3n) is 5.25. The Morgan fingerprint density at radius 3 is 2.03 bits per heavy atom. The number of carbonyl (C=O) groups is 4. The highest BCUT2D eigenvalue weighted by Crippen LogP contribution is 2.44. The molecule has 0 unspecified atom stereocenters. The number of rotatable bonds is 8. The molecule has 2 amide bonds. The Balaban J connectivity index is 1.67. The van der Waals surface area contributed by atoms with Crippen LogP contribution in [0.5, 0.6) is 0 Å². The van der Waals surface area contributed by atoms with Crippen LogP contribution in [0.25, 0.3) is 11.1 Å². The third-order valence-corrected chi connectivity index (χ3v) is 5.25. The molecule has 2 aromatic rings. The van der Waals surface area contributed by atoms with E-state index in [1.807, 2.05) is 48.5 Å². The molecule has 0 fully saturated rings. The maximum atomic E-state index is 12.6. The van der Waals surface area contributed by atoms with Gasteiger partial charge in [0.2, 0.25) is 5.91 Å². The van der Waals surface area contributed by atoms with E-state index in [-0.39, 0.29) is 24.9 Å². The maximum absolute atomic E-state index is 12.6. The van der Waals surface area contributed by atoms with Crippen LogP contribution >= 0.6 is 0 Å². The molecule has 1 aliphatic rings. The first-order valence-corrected chi connectivity index (χ1v) is 11.2. The quantitative estimate of drug-likeness (QED) is 0.578. The van der Waals surface area contributed by atoms with E-state index in [9.17, 15) is 19.2 Å². The molecule has 0 saturated carbocycles. The van der Waals surface area contributed by atoms with Crippen molar-refractivity contribution < 1.29 is 28.7 Å². The lowest BCUT2D eigenvalue weighted by molar-refractivity contribution is -0.156. The van der Waals surface area contributed by atoms with Gasteiger partial charge >= 0.3 is 12.1 Å². The molecule has 0 heterocycles. The summed E-state index contributed by atoms with van der Waals surface area (Å²) >= 11 is 0. The maximum Gasteiger partial charge on any atom is 0.407 e. The van der Waals surface area contributed by atoms with Crippen molar-refractivity contribution in [1.29, 1.82) is 0 Å². The normalized spacial score (nSPS) is 13.3. The second-order valence-corrected chi connectivity index (χ2v) is 9.23. The van der Waals surface area contributed by atoms with Crippen molar-refractivity contribution in [2.75, 3.05) is 13.2 Å². The van der Waals surface area contributed by atoms with Gasteiger partial charge in [-0.05, 0) is 49.9 Å². The van der Waals surface area contributed by atoms with Crippen LogP contribution in [-0.2, 0) is 23.9 Å². The summed E-state index contributed by atoms with van der Waals surface area (Å²) in [6.45, 7) is 6.28. The number of amides is 2. The van der Waals surface area contributed by atoms with Gasteiger partial charge in [0.25, 0.3) is 0 Å². The summed E-state index contributed by atoms with van der Waals surface area (Å²) < 4.78 is 10.7. The van der Waals surface area contributed by atoms with Gasteiger partial charge in [-0.15, -0.1) is 0 Å². The minimum Gasteiger partial charge on any atom is -0.460 e. The molecule has 3 rings (SSSR count). The van der Waals surface area contributed by atoms with E-state index in [4.69, 9.17) is 9.47 Å². The van der Waals surface area contributed by atoms with Crippen LogP contribution in [0.15, 0.2) is 48.5 Å². The van der Waals surface area contributed by atoms with Crippen LogP contribution in [-0.4, -0.2) is 48.5 Å². The molecule has 0 aromatic heterocycles. The Hall–Kier alpha value is -3.68. The van der Waals surface area contributed by atoms with Crippen molar-refractivity contribution >= 4 is 23.8 Å². The van der Waals surface area contributed by atoms with Gasteiger partial charge in [-0.3, -0.25) is 14.4 Å². The minimum absolute atomic E-state index is 0.0636. The summed E-state index contributed by atoms with van der Waals surface area (Å²) in [7, 11) is 0. The Kier molecular flexibility index (Phi) is 7.71. The zero-order chi connectivity index (χ0) is 24.9. The van der Waals surface area contributed by atoms with Crippen molar-refractivity contribution in [3.63, 3.8) is 0 Å². The van der Waals surface area contributed by atoms with Gasteiger partial charge in [-0.2, -0.15) is 0 Å². The van der Waals surface area contributed by atoms with E-state index >= 15 is 0 Å². The smallest absolute Gasteiger partial charge is 0.407 e. The van der Waals surface area contributed by atoms with Crippen molar-refractivity contribution in [2.45, 2.75) is 51.7 Å². The van der Waals surface area contributed by atoms with Gasteiger partial charge < -0.3 is 20.1 Å². The number of alkyl carbamates (subject to hydrolysis) is 1. The number of Topliss-reactive ketones (excluding diaryl/α,β-unsaturated/α-hetero) is 1. The van der Waals surface area contributed by atoms with Gasteiger partial charge in [0.1, 0.15) is 24.0 Å². The number of benzene rings is 2. The molecule has 0 bridgehead atoms. The minimum atomic E-state index is -1.25. The van der Waals surface area contributed by atoms with Crippen molar-refractivity contribution in [3.05, 3.63) is 59.7 Å². The largest absolute Gasteiger partial charge is 0.460 e. The predicted molar refractivity (Wildman–Crippen MR) is 126 cm³/mol. The number of ketones is 1. The highest BCUT2D eigenvalue weighted by Gasteiger charge is 2.31. The van der Waals surface area contributed by atoms with Crippen molar-refractivity contribution in [1.82, 2.24) is 10.6 Å². The molecule has 0 aliphatic heterocycles. The average molecular weight is 467 g/mol. The number of hydrogen-bond donors (Lipinski definition) is 2. The number of esters is 1. The van der Waals surface area contributed by atoms with E-state index in [1.165, 1.54) is 6.92 Å². The SMILES string of the molecule is CC(=O)CNC(=O)[C@@H](CC(=O)OC(C)(C)C)NC(=O)OCC1c2ccccc2-c2ccccc21. The average Bonchev–Trinajstić information content (AvgIpc) is 3.08. The van der Waals surface area contributed by atoms with E-state index in [2.05, 4.69) is 10.6 Å². The number of nitrogens with one attached hydrogen (secondary N) is 2. The van der Waals surface area contributed by atoms with Crippen LogP contribution < -0.4 is 10.6 Å². The molecule has 2 aromatic carbocycles. The second-order valence-electron chi connectivity index (χ2n) is 9.23. The van der Waals surface area contributed by atoms with Crippen molar-refractivity contribution in [3.8, 4) is 11.1 Å². The number of fused-ring (bicyclic) bond motifs is 3. The van der Waals surface area contributed by atoms with E-state index in [0.717, 1.165) is 22.3 Å². The summed E-state index contributed by atoms with van der Waals surface area (Å²) in [6, 6.07) is 14.6. The molecular formula is C26H30N2O6. The fourth-order valence-corrected chi connectivity index (χ4v) is 3.88. The van der Waals surface area contributed by atoms with E-state index < -0.39 is 36.0 Å². The number of hydrogen-bond acceptors (Lipinski definition) is 6. The summed E-state index contributed by atoms with van der Waals surface area (Å²) in [5.41, 5.74) is 3.56. The summed E-state index contributed by atoms with van der Waals surface area (Å²) in [6.07, 6.45) is -1.24. The van der Waals surface area contributed by atoms with Gasteiger partial charge in [0.05, 0.1) is 13.0 Å². The molecule has 2 N–H and O–H groups in total. The molecule has 1 atom stereocenters. The van der Waals surface area contributed by atoms with Gasteiger partial charge in [-0.25, -0.2) is 4.79 Å². The zero-order valence-electron chi connectivity index (χ0n) is 19.8. The molecular weight excluding hydrogens is 436 g/mol. The van der Waals surface area contributed by atoms with Gasteiger partial charge in [0.15, 0.2) is 0 Å². The number of carbonyl (C=O) groups excluding carboxylic acids is 4. The topological polar surface area (TPSA) is 111 Å². The molecule has 8 heteroatoms. The summed E-state index contributed by atoms with van der Waals surface area (Å²) in [5, 5.41) is 4.86. The molecule has 1 aliphatic carbocycles. The van der Waals surface area contributed by atoms with E-state index in [0.29, 0.717) is 0 Å². The molecule has 180 valence electrons. The molecule has 34 heavy (non-hydrogen) atoms. The second kappa shape index (κ2) is 10.5. The monoisotopic (exact) mass is 466 g/mol. The van der Waals surface area contributed by atoms with Crippen LogP contribution in [0.2, 0.25) is 0 Å². The summed E-state index contributed by atoms with van der Waals surface area (Å²) in [4.78, 5) is 48.7. The fourth-order valence-electron chi connectivity index (χ4n) is 3.88. The highest BCUT2D eigenvalue weighted by atomic mass is 16.6. The highest BCUT2D eigenvalue weighted by molar-refractivity contribution is 5.92. The Morgan fingerprint density at radius 1 is 0.941 bits per heavy atom. The van der Waals surface area contributed by atoms with Crippen LogP contribution in [0, 0.1) is 0 Å². The molecule has 0 radical (unpaired) electrons. The van der Waals surface area contributed by atoms with Gasteiger partial charge in [-0.1, -0.05) is 48.5 Å². The first-order chi connectivity index (χ1) is 16.0. The summed E-state index contributed by atoms with van der Waals surface area (Å²) in [5.74, 6) is -1.73. The predicted octanol–water partition coefficient (Wildman–Crippen LogP) is 3.33. The lowest BCUT2D eigenvalue weighted by Crippen LogP contribution is -2.49. The Morgan fingerprint density at radius 2 is 1.50 bits per heavy atom. The van der Waals surface area contributed by atoms with Crippen LogP contribution in [0.1, 0.15) is 51.2 Å². The zero-order valence-corrected chi connectivity index (χ0v) is 19.8. The number of ether oxygens (including phenoxy) is 2. The lowest BCUT2D eigenvalue weighted by Gasteiger charge is -2.22. The Bertz CT molecular complexity index is 1040. The van der Waals surface area contributed by atoms with Gasteiger partial charge in [0, 0.05) is 5.92 Å². The Labute approximate surface area is 199 Å². The van der Waals surface area contributed by atoms with Crippen molar-refractivity contribution in [2.24, 2.45) is 0 Å². The molecule has 8 nitrogen and oxygen atoms in total. The standard InChI is InChI=1S/C26H30N2O6/c1-16(29)14-27-24(31)22(13-23(30)34-26(2,3)4)28-25(32)33-15-21-19-11-7-5-9-17(19)18-10-6-8-12-20(18)21/h5-12,21-22H,13-15H2,1-4H3,(H,27,31)(H,28,32)/t22-/m1/s1. The third kappa shape index (κ3) is 6.43. The van der Waals surface area contributed by atoms with Crippen LogP contribution in [0.3, 0.4) is 0 Å². The lowest BCUT2D eigenvalue weighted by atomic mass is 9.98. The first-order valence-electron chi connectivity index (χ1n) is 11.2. The molecule has 0 saturated heterocycles.